The Bertz CT molecular complexity index is 714. The number of hydrogen-bond donors (Lipinski definition) is 1. The second kappa shape index (κ2) is 5.56. The van der Waals surface area contributed by atoms with Crippen molar-refractivity contribution < 1.29 is 9.90 Å². The molecule has 0 aliphatic heterocycles. The first-order chi connectivity index (χ1) is 10.1. The Labute approximate surface area is 123 Å². The highest BCUT2D eigenvalue weighted by Crippen LogP contribution is 2.25. The normalized spacial score (nSPS) is 14.3. The fraction of sp³-hybridized carbons (Fsp3) is 0.294. The lowest BCUT2D eigenvalue weighted by atomic mass is 10.0. The molecule has 3 rings (SSSR count). The molecule has 0 amide bonds. The Morgan fingerprint density at radius 1 is 1.33 bits per heavy atom. The fourth-order valence-electron chi connectivity index (χ4n) is 2.83. The van der Waals surface area contributed by atoms with Gasteiger partial charge >= 0.3 is 5.97 Å². The van der Waals surface area contributed by atoms with Gasteiger partial charge < -0.3 is 9.67 Å². The zero-order chi connectivity index (χ0) is 14.8. The minimum absolute atomic E-state index is 0.885. The van der Waals surface area contributed by atoms with Crippen molar-refractivity contribution in [2.45, 2.75) is 32.6 Å². The first-order valence-electron chi connectivity index (χ1n) is 7.22. The van der Waals surface area contributed by atoms with E-state index in [0.717, 1.165) is 35.7 Å². The summed E-state index contributed by atoms with van der Waals surface area (Å²) < 4.78 is 2.15. The van der Waals surface area contributed by atoms with E-state index < -0.39 is 5.97 Å². The molecule has 0 spiro atoms. The number of imidazole rings is 1. The number of aryl methyl sites for hydroxylation is 2. The molecular formula is C17H18N2O2. The van der Waals surface area contributed by atoms with Gasteiger partial charge in [0.15, 0.2) is 0 Å². The predicted molar refractivity (Wildman–Crippen MR) is 81.6 cm³/mol. The van der Waals surface area contributed by atoms with E-state index >= 15 is 0 Å². The lowest BCUT2D eigenvalue weighted by Crippen LogP contribution is -2.07. The molecule has 1 N–H and O–H groups in total. The molecule has 0 unspecified atom stereocenters. The first-order valence-corrected chi connectivity index (χ1v) is 7.22. The molecule has 4 nitrogen and oxygen atoms in total. The zero-order valence-electron chi connectivity index (χ0n) is 12.0. The molecule has 0 fully saturated rings. The molecule has 1 heterocycles. The van der Waals surface area contributed by atoms with Crippen molar-refractivity contribution in [3.05, 3.63) is 53.1 Å². The molecular weight excluding hydrogens is 264 g/mol. The van der Waals surface area contributed by atoms with Crippen molar-refractivity contribution in [3.8, 4) is 5.69 Å². The summed E-state index contributed by atoms with van der Waals surface area (Å²) in [5, 5.41) is 8.74. The van der Waals surface area contributed by atoms with E-state index in [1.54, 1.807) is 6.08 Å². The van der Waals surface area contributed by atoms with E-state index in [0.29, 0.717) is 0 Å². The number of nitrogens with zero attached hydrogens (tertiary/aromatic N) is 2. The number of fused-ring (bicyclic) bond motifs is 1. The number of carbonyl (C=O) groups is 1. The van der Waals surface area contributed by atoms with Gasteiger partial charge in [0.05, 0.1) is 17.7 Å². The van der Waals surface area contributed by atoms with E-state index in [1.165, 1.54) is 24.2 Å². The predicted octanol–water partition coefficient (Wildman–Crippen LogP) is 3.16. The smallest absolute Gasteiger partial charge is 0.328 e. The van der Waals surface area contributed by atoms with Crippen LogP contribution in [0.5, 0.6) is 0 Å². The van der Waals surface area contributed by atoms with E-state index in [2.05, 4.69) is 16.5 Å². The molecule has 0 radical (unpaired) electrons. The summed E-state index contributed by atoms with van der Waals surface area (Å²) in [4.78, 5) is 15.2. The lowest BCUT2D eigenvalue weighted by molar-refractivity contribution is -0.131. The maximum absolute atomic E-state index is 10.6. The van der Waals surface area contributed by atoms with Crippen LogP contribution < -0.4 is 0 Å². The summed E-state index contributed by atoms with van der Waals surface area (Å²) in [6.45, 7) is 2.06. The second-order valence-corrected chi connectivity index (χ2v) is 5.43. The Balaban J connectivity index is 2.03. The SMILES string of the molecule is Cc1ccc(/C=C/C(=O)O)cc1-n1cnc2c1CCCC2. The van der Waals surface area contributed by atoms with Gasteiger partial charge in [-0.15, -0.1) is 0 Å². The van der Waals surface area contributed by atoms with Crippen molar-refractivity contribution in [2.75, 3.05) is 0 Å². The van der Waals surface area contributed by atoms with Crippen LogP contribution in [0.25, 0.3) is 11.8 Å². The van der Waals surface area contributed by atoms with E-state index in [9.17, 15) is 4.79 Å². The Morgan fingerprint density at radius 3 is 2.95 bits per heavy atom. The largest absolute Gasteiger partial charge is 0.478 e. The Morgan fingerprint density at radius 2 is 2.14 bits per heavy atom. The summed E-state index contributed by atoms with van der Waals surface area (Å²) in [7, 11) is 0. The minimum atomic E-state index is -0.933. The number of carboxylic acids is 1. The van der Waals surface area contributed by atoms with Crippen LogP contribution in [0.1, 0.15) is 35.4 Å². The van der Waals surface area contributed by atoms with E-state index in [-0.39, 0.29) is 0 Å². The zero-order valence-corrected chi connectivity index (χ0v) is 12.0. The number of rotatable bonds is 3. The van der Waals surface area contributed by atoms with Gasteiger partial charge in [-0.3, -0.25) is 0 Å². The molecule has 1 aliphatic carbocycles. The molecule has 1 aliphatic rings. The van der Waals surface area contributed by atoms with Crippen molar-refractivity contribution >= 4 is 12.0 Å². The highest BCUT2D eigenvalue weighted by molar-refractivity contribution is 5.85. The second-order valence-electron chi connectivity index (χ2n) is 5.43. The van der Waals surface area contributed by atoms with Crippen LogP contribution in [-0.4, -0.2) is 20.6 Å². The van der Waals surface area contributed by atoms with Gasteiger partial charge in [-0.05, 0) is 55.9 Å². The van der Waals surface area contributed by atoms with Crippen molar-refractivity contribution in [1.29, 1.82) is 0 Å². The number of aromatic nitrogens is 2. The molecule has 108 valence electrons. The average Bonchev–Trinajstić information content (AvgIpc) is 2.90. The summed E-state index contributed by atoms with van der Waals surface area (Å²) in [5.41, 5.74) is 5.62. The van der Waals surface area contributed by atoms with Gasteiger partial charge in [0.2, 0.25) is 0 Å². The van der Waals surface area contributed by atoms with Gasteiger partial charge in [0, 0.05) is 11.8 Å². The van der Waals surface area contributed by atoms with Gasteiger partial charge in [-0.1, -0.05) is 12.1 Å². The van der Waals surface area contributed by atoms with Crippen molar-refractivity contribution in [1.82, 2.24) is 9.55 Å². The molecule has 0 bridgehead atoms. The van der Waals surface area contributed by atoms with E-state index in [4.69, 9.17) is 5.11 Å². The maximum Gasteiger partial charge on any atom is 0.328 e. The van der Waals surface area contributed by atoms with Gasteiger partial charge in [0.1, 0.15) is 0 Å². The molecule has 0 atom stereocenters. The van der Waals surface area contributed by atoms with E-state index in [1.807, 2.05) is 24.5 Å². The summed E-state index contributed by atoms with van der Waals surface area (Å²) in [5.74, 6) is -0.933. The number of carboxylic acid groups (broad SMARTS) is 1. The average molecular weight is 282 g/mol. The highest BCUT2D eigenvalue weighted by Gasteiger charge is 2.16. The third-order valence-electron chi connectivity index (χ3n) is 3.94. The quantitative estimate of drug-likeness (QED) is 0.880. The molecule has 21 heavy (non-hydrogen) atoms. The van der Waals surface area contributed by atoms with Gasteiger partial charge in [0.25, 0.3) is 0 Å². The molecule has 4 heteroatoms. The third kappa shape index (κ3) is 2.75. The number of aliphatic carboxylic acids is 1. The minimum Gasteiger partial charge on any atom is -0.478 e. The van der Waals surface area contributed by atoms with Gasteiger partial charge in [-0.2, -0.15) is 0 Å². The number of benzene rings is 1. The van der Waals surface area contributed by atoms with Crippen LogP contribution >= 0.6 is 0 Å². The summed E-state index contributed by atoms with van der Waals surface area (Å²) >= 11 is 0. The summed E-state index contributed by atoms with van der Waals surface area (Å²) in [6, 6.07) is 5.97. The third-order valence-corrected chi connectivity index (χ3v) is 3.94. The van der Waals surface area contributed by atoms with Crippen LogP contribution in [0.2, 0.25) is 0 Å². The molecule has 1 aromatic carbocycles. The number of hydrogen-bond acceptors (Lipinski definition) is 2. The van der Waals surface area contributed by atoms with Crippen LogP contribution in [0.3, 0.4) is 0 Å². The Hall–Kier alpha value is -2.36. The molecule has 0 saturated carbocycles. The van der Waals surface area contributed by atoms with Crippen molar-refractivity contribution in [2.24, 2.45) is 0 Å². The monoisotopic (exact) mass is 282 g/mol. The van der Waals surface area contributed by atoms with Crippen LogP contribution in [0, 0.1) is 6.92 Å². The molecule has 0 saturated heterocycles. The highest BCUT2D eigenvalue weighted by atomic mass is 16.4. The molecule has 2 aromatic rings. The topological polar surface area (TPSA) is 55.1 Å². The standard InChI is InChI=1S/C17H18N2O2/c1-12-6-7-13(8-9-17(20)21)10-16(12)19-11-18-14-4-2-3-5-15(14)19/h6-11H,2-5H2,1H3,(H,20,21)/b9-8+. The first kappa shape index (κ1) is 13.6. The lowest BCUT2D eigenvalue weighted by Gasteiger charge is -2.16. The fourth-order valence-corrected chi connectivity index (χ4v) is 2.83. The summed E-state index contributed by atoms with van der Waals surface area (Å²) in [6.07, 6.45) is 9.21. The van der Waals surface area contributed by atoms with Crippen molar-refractivity contribution in [3.63, 3.8) is 0 Å². The van der Waals surface area contributed by atoms with Gasteiger partial charge in [-0.25, -0.2) is 9.78 Å². The van der Waals surface area contributed by atoms with Crippen LogP contribution in [-0.2, 0) is 17.6 Å². The Kier molecular flexibility index (Phi) is 3.60. The van der Waals surface area contributed by atoms with Crippen LogP contribution in [0.15, 0.2) is 30.6 Å². The van der Waals surface area contributed by atoms with Crippen LogP contribution in [0.4, 0.5) is 0 Å². The maximum atomic E-state index is 10.6. The molecule has 1 aromatic heterocycles.